The van der Waals surface area contributed by atoms with Gasteiger partial charge in [0, 0.05) is 0 Å². The fraction of sp³-hybridized carbons (Fsp3) is 0.0714. The maximum atomic E-state index is 12.9. The number of carboxylic acids is 1. The number of carbonyl (C=O) groups excluding carboxylic acids is 2. The number of rotatable bonds is 6. The third-order valence-corrected chi connectivity index (χ3v) is 6.19. The molecule has 0 spiro atoms. The second-order valence-electron chi connectivity index (χ2n) is 4.40. The molecule has 1 heterocycles. The molecule has 120 valence electrons. The summed E-state index contributed by atoms with van der Waals surface area (Å²) in [4.78, 5) is 33.0. The minimum Gasteiger partial charge on any atom is -0.475 e. The summed E-state index contributed by atoms with van der Waals surface area (Å²) in [5, 5.41) is 8.46. The maximum absolute atomic E-state index is 12.9. The Morgan fingerprint density at radius 2 is 1.65 bits per heavy atom. The molecule has 6 nitrogen and oxygen atoms in total. The molecule has 9 heteroatoms. The summed E-state index contributed by atoms with van der Waals surface area (Å²) in [5.74, 6) is -4.36. The standard InChI is InChI=1S/C14H9FO6S2/c15-8-1-3-9(4-2-8)23(20,21)13-6-5-12(22-13)10(16)7-11(17)14(18)19/h1-6H,7H2,(H,18,19). The van der Waals surface area contributed by atoms with E-state index in [2.05, 4.69) is 0 Å². The highest BCUT2D eigenvalue weighted by atomic mass is 32.2. The average Bonchev–Trinajstić information content (AvgIpc) is 2.98. The number of carbonyl (C=O) groups is 3. The predicted molar refractivity (Wildman–Crippen MR) is 77.8 cm³/mol. The number of carboxylic acid groups (broad SMARTS) is 1. The number of aliphatic carboxylic acids is 1. The van der Waals surface area contributed by atoms with Crippen molar-refractivity contribution < 1.29 is 32.3 Å². The minimum absolute atomic E-state index is 0.0414. The lowest BCUT2D eigenvalue weighted by molar-refractivity contribution is -0.148. The SMILES string of the molecule is O=C(O)C(=O)CC(=O)c1ccc(S(=O)(=O)c2ccc(F)cc2)s1. The molecule has 23 heavy (non-hydrogen) atoms. The molecule has 1 aromatic carbocycles. The number of thiophene rings is 1. The number of hydrogen-bond donors (Lipinski definition) is 1. The fourth-order valence-corrected chi connectivity index (χ4v) is 4.30. The van der Waals surface area contributed by atoms with Gasteiger partial charge in [0.15, 0.2) is 5.78 Å². The number of hydrogen-bond acceptors (Lipinski definition) is 6. The number of halogens is 1. The molecule has 0 bridgehead atoms. The van der Waals surface area contributed by atoms with Crippen LogP contribution in [-0.2, 0) is 19.4 Å². The molecular weight excluding hydrogens is 347 g/mol. The molecule has 0 saturated heterocycles. The Morgan fingerprint density at radius 3 is 2.22 bits per heavy atom. The smallest absolute Gasteiger partial charge is 0.372 e. The minimum atomic E-state index is -3.91. The van der Waals surface area contributed by atoms with Gasteiger partial charge in [-0.25, -0.2) is 17.6 Å². The number of Topliss-reactive ketones (excluding diaryl/α,β-unsaturated/α-hetero) is 2. The van der Waals surface area contributed by atoms with E-state index in [0.29, 0.717) is 11.3 Å². The van der Waals surface area contributed by atoms with E-state index in [1.165, 1.54) is 12.1 Å². The van der Waals surface area contributed by atoms with Gasteiger partial charge in [-0.3, -0.25) is 9.59 Å². The highest BCUT2D eigenvalue weighted by molar-refractivity contribution is 7.93. The molecule has 0 radical (unpaired) electrons. The van der Waals surface area contributed by atoms with Gasteiger partial charge in [-0.2, -0.15) is 0 Å². The van der Waals surface area contributed by atoms with Crippen molar-refractivity contribution in [2.75, 3.05) is 0 Å². The fourth-order valence-electron chi connectivity index (χ4n) is 1.65. The van der Waals surface area contributed by atoms with Crippen LogP contribution in [0.3, 0.4) is 0 Å². The molecule has 0 amide bonds. The van der Waals surface area contributed by atoms with Crippen LogP contribution in [0.2, 0.25) is 0 Å². The Bertz CT molecular complexity index is 880. The Kier molecular flexibility index (Phi) is 4.71. The lowest BCUT2D eigenvalue weighted by Crippen LogP contribution is -2.16. The van der Waals surface area contributed by atoms with Crippen molar-refractivity contribution >= 4 is 38.7 Å². The summed E-state index contributed by atoms with van der Waals surface area (Å²) in [6.45, 7) is 0. The van der Waals surface area contributed by atoms with Crippen LogP contribution >= 0.6 is 11.3 Å². The maximum Gasteiger partial charge on any atom is 0.372 e. The number of ketones is 2. The summed E-state index contributed by atoms with van der Waals surface area (Å²) in [7, 11) is -3.91. The van der Waals surface area contributed by atoms with E-state index in [1.54, 1.807) is 0 Å². The molecule has 0 fully saturated rings. The Labute approximate surface area is 134 Å². The topological polar surface area (TPSA) is 106 Å². The van der Waals surface area contributed by atoms with Gasteiger partial charge in [0.05, 0.1) is 16.2 Å². The van der Waals surface area contributed by atoms with Crippen LogP contribution in [0.25, 0.3) is 0 Å². The van der Waals surface area contributed by atoms with Crippen LogP contribution < -0.4 is 0 Å². The largest absolute Gasteiger partial charge is 0.475 e. The lowest BCUT2D eigenvalue weighted by Gasteiger charge is -2.01. The number of sulfone groups is 1. The molecule has 0 aliphatic heterocycles. The Hall–Kier alpha value is -2.39. The van der Waals surface area contributed by atoms with E-state index in [4.69, 9.17) is 5.11 Å². The van der Waals surface area contributed by atoms with Crippen molar-refractivity contribution in [2.24, 2.45) is 0 Å². The van der Waals surface area contributed by atoms with E-state index in [-0.39, 0.29) is 14.0 Å². The van der Waals surface area contributed by atoms with Crippen LogP contribution in [0, 0.1) is 5.82 Å². The average molecular weight is 356 g/mol. The van der Waals surface area contributed by atoms with Gasteiger partial charge in [-0.1, -0.05) is 0 Å². The molecule has 1 aromatic heterocycles. The first-order valence-corrected chi connectivity index (χ1v) is 8.41. The third-order valence-electron chi connectivity index (χ3n) is 2.80. The Morgan fingerprint density at radius 1 is 1.04 bits per heavy atom. The highest BCUT2D eigenvalue weighted by Crippen LogP contribution is 2.28. The molecular formula is C14H9FO6S2. The van der Waals surface area contributed by atoms with Crippen molar-refractivity contribution in [3.05, 3.63) is 47.1 Å². The number of benzene rings is 1. The Balaban J connectivity index is 2.28. The first-order chi connectivity index (χ1) is 10.7. The summed E-state index contributed by atoms with van der Waals surface area (Å²) < 4.78 is 37.4. The van der Waals surface area contributed by atoms with Crippen LogP contribution in [0.5, 0.6) is 0 Å². The van der Waals surface area contributed by atoms with Gasteiger partial charge in [0.2, 0.25) is 15.6 Å². The van der Waals surface area contributed by atoms with E-state index in [1.807, 2.05) is 0 Å². The van der Waals surface area contributed by atoms with Crippen molar-refractivity contribution in [3.8, 4) is 0 Å². The molecule has 0 aliphatic carbocycles. The van der Waals surface area contributed by atoms with Crippen molar-refractivity contribution in [1.29, 1.82) is 0 Å². The van der Waals surface area contributed by atoms with E-state index in [0.717, 1.165) is 24.3 Å². The zero-order valence-electron chi connectivity index (χ0n) is 11.4. The van der Waals surface area contributed by atoms with Crippen molar-refractivity contribution in [1.82, 2.24) is 0 Å². The molecule has 2 rings (SSSR count). The summed E-state index contributed by atoms with van der Waals surface area (Å²) in [5.41, 5.74) is 0. The first kappa shape index (κ1) is 17.0. The van der Waals surface area contributed by atoms with Crippen molar-refractivity contribution in [2.45, 2.75) is 15.5 Å². The van der Waals surface area contributed by atoms with E-state index >= 15 is 0 Å². The van der Waals surface area contributed by atoms with Crippen LogP contribution in [0.15, 0.2) is 45.5 Å². The zero-order chi connectivity index (χ0) is 17.2. The van der Waals surface area contributed by atoms with Crippen molar-refractivity contribution in [3.63, 3.8) is 0 Å². The molecule has 2 aromatic rings. The monoisotopic (exact) mass is 356 g/mol. The molecule has 1 N–H and O–H groups in total. The van der Waals surface area contributed by atoms with Crippen LogP contribution in [0.1, 0.15) is 16.1 Å². The second kappa shape index (κ2) is 6.39. The molecule has 0 saturated carbocycles. The van der Waals surface area contributed by atoms with Crippen LogP contribution in [-0.4, -0.2) is 31.1 Å². The molecule has 0 atom stereocenters. The zero-order valence-corrected chi connectivity index (χ0v) is 13.0. The van der Waals surface area contributed by atoms with Gasteiger partial charge in [-0.15, -0.1) is 11.3 Å². The molecule has 0 aliphatic rings. The van der Waals surface area contributed by atoms with Crippen LogP contribution in [0.4, 0.5) is 4.39 Å². The van der Waals surface area contributed by atoms with Gasteiger partial charge in [-0.05, 0) is 36.4 Å². The predicted octanol–water partition coefficient (Wildman–Crippen LogP) is 1.95. The van der Waals surface area contributed by atoms with E-state index < -0.39 is 39.6 Å². The molecule has 0 unspecified atom stereocenters. The van der Waals surface area contributed by atoms with Gasteiger partial charge in [0.25, 0.3) is 0 Å². The first-order valence-electron chi connectivity index (χ1n) is 6.11. The van der Waals surface area contributed by atoms with Gasteiger partial charge in [0.1, 0.15) is 10.0 Å². The van der Waals surface area contributed by atoms with Gasteiger partial charge < -0.3 is 5.11 Å². The summed E-state index contributed by atoms with van der Waals surface area (Å²) in [6, 6.07) is 6.58. The van der Waals surface area contributed by atoms with E-state index in [9.17, 15) is 27.2 Å². The highest BCUT2D eigenvalue weighted by Gasteiger charge is 2.24. The third kappa shape index (κ3) is 3.69. The second-order valence-corrected chi connectivity index (χ2v) is 7.66. The summed E-state index contributed by atoms with van der Waals surface area (Å²) in [6.07, 6.45) is -0.841. The summed E-state index contributed by atoms with van der Waals surface area (Å²) >= 11 is 0.624. The normalized spacial score (nSPS) is 11.2. The van der Waals surface area contributed by atoms with Gasteiger partial charge >= 0.3 is 5.97 Å². The lowest BCUT2D eigenvalue weighted by atomic mass is 10.2. The quantitative estimate of drug-likeness (QED) is 0.367.